The first-order chi connectivity index (χ1) is 12.8. The Balaban J connectivity index is 1.21. The van der Waals surface area contributed by atoms with E-state index in [-0.39, 0.29) is 5.78 Å². The van der Waals surface area contributed by atoms with Crippen LogP contribution in [0.2, 0.25) is 0 Å². The lowest BCUT2D eigenvalue weighted by atomic mass is 10.1. The highest BCUT2D eigenvalue weighted by Gasteiger charge is 2.32. The fraction of sp³-hybridized carbons (Fsp3) is 0.667. The lowest BCUT2D eigenvalue weighted by Gasteiger charge is -2.32. The molecule has 5 heteroatoms. The highest BCUT2D eigenvalue weighted by Crippen LogP contribution is 2.30. The van der Waals surface area contributed by atoms with Crippen LogP contribution in [0, 0.1) is 0 Å². The number of ketones is 1. The van der Waals surface area contributed by atoms with Crippen molar-refractivity contribution in [1.82, 2.24) is 9.80 Å². The van der Waals surface area contributed by atoms with Crippen LogP contribution < -0.4 is 4.74 Å². The molecule has 0 radical (unpaired) electrons. The van der Waals surface area contributed by atoms with Crippen LogP contribution in [0.1, 0.15) is 31.2 Å². The smallest absolute Gasteiger partial charge is 0.151 e. The summed E-state index contributed by atoms with van der Waals surface area (Å²) >= 11 is 0. The molecule has 0 bridgehead atoms. The summed E-state index contributed by atoms with van der Waals surface area (Å²) in [5.41, 5.74) is 1.07. The number of nitrogens with zero attached hydrogens (tertiary/aromatic N) is 2. The van der Waals surface area contributed by atoms with E-state index < -0.39 is 0 Å². The van der Waals surface area contributed by atoms with Gasteiger partial charge in [0, 0.05) is 38.6 Å². The van der Waals surface area contributed by atoms with Gasteiger partial charge in [0.1, 0.15) is 11.9 Å². The van der Waals surface area contributed by atoms with Gasteiger partial charge >= 0.3 is 0 Å². The highest BCUT2D eigenvalue weighted by atomic mass is 16.5. The summed E-state index contributed by atoms with van der Waals surface area (Å²) in [4.78, 5) is 17.0. The quantitative estimate of drug-likeness (QED) is 0.747. The monoisotopic (exact) mass is 358 g/mol. The number of benzene rings is 1. The van der Waals surface area contributed by atoms with Crippen LogP contribution >= 0.6 is 0 Å². The summed E-state index contributed by atoms with van der Waals surface area (Å²) in [6, 6.07) is 8.97. The largest absolute Gasteiger partial charge is 0.490 e. The lowest BCUT2D eigenvalue weighted by Crippen LogP contribution is -2.39. The van der Waals surface area contributed by atoms with Gasteiger partial charge in [0.15, 0.2) is 5.78 Å². The van der Waals surface area contributed by atoms with Crippen LogP contribution in [0.4, 0.5) is 0 Å². The topological polar surface area (TPSA) is 42.0 Å². The zero-order valence-corrected chi connectivity index (χ0v) is 15.6. The van der Waals surface area contributed by atoms with Crippen molar-refractivity contribution in [1.29, 1.82) is 0 Å². The predicted octanol–water partition coefficient (Wildman–Crippen LogP) is 2.14. The van der Waals surface area contributed by atoms with E-state index in [4.69, 9.17) is 9.47 Å². The third-order valence-corrected chi connectivity index (χ3v) is 5.67. The summed E-state index contributed by atoms with van der Waals surface area (Å²) in [5.74, 6) is 1.20. The molecule has 26 heavy (non-hydrogen) atoms. The van der Waals surface area contributed by atoms with Crippen LogP contribution in [-0.2, 0) is 16.0 Å². The fourth-order valence-corrected chi connectivity index (χ4v) is 3.97. The first kappa shape index (κ1) is 18.0. The van der Waals surface area contributed by atoms with E-state index in [0.29, 0.717) is 19.1 Å². The van der Waals surface area contributed by atoms with Crippen molar-refractivity contribution in [2.75, 3.05) is 45.9 Å². The summed E-state index contributed by atoms with van der Waals surface area (Å²) in [5, 5.41) is 0. The van der Waals surface area contributed by atoms with Gasteiger partial charge in [0.05, 0.1) is 19.8 Å². The van der Waals surface area contributed by atoms with E-state index in [2.05, 4.69) is 9.80 Å². The second-order valence-electron chi connectivity index (χ2n) is 7.83. The number of hydrogen-bond donors (Lipinski definition) is 0. The van der Waals surface area contributed by atoms with E-state index in [0.717, 1.165) is 56.5 Å². The van der Waals surface area contributed by atoms with E-state index >= 15 is 0 Å². The highest BCUT2D eigenvalue weighted by molar-refractivity contribution is 5.82. The molecule has 1 aliphatic carbocycles. The molecule has 142 valence electrons. The van der Waals surface area contributed by atoms with Crippen molar-refractivity contribution < 1.29 is 14.3 Å². The Morgan fingerprint density at radius 3 is 2.35 bits per heavy atom. The van der Waals surface area contributed by atoms with Gasteiger partial charge in [0.2, 0.25) is 0 Å². The van der Waals surface area contributed by atoms with Crippen LogP contribution in [0.15, 0.2) is 24.3 Å². The second-order valence-corrected chi connectivity index (χ2v) is 7.83. The maximum atomic E-state index is 12.3. The molecule has 0 aromatic heterocycles. The van der Waals surface area contributed by atoms with E-state index in [1.807, 2.05) is 24.3 Å². The fourth-order valence-electron chi connectivity index (χ4n) is 3.97. The summed E-state index contributed by atoms with van der Waals surface area (Å²) in [7, 11) is 0. The van der Waals surface area contributed by atoms with E-state index in [9.17, 15) is 4.79 Å². The molecular weight excluding hydrogens is 328 g/mol. The Bertz CT molecular complexity index is 586. The summed E-state index contributed by atoms with van der Waals surface area (Å²) < 4.78 is 11.5. The SMILES string of the molecule is O=C(Cc1ccc(OC2CCN(C3CC3)CC2)cc1)CN1CCOCC1. The first-order valence-corrected chi connectivity index (χ1v) is 10.1. The van der Waals surface area contributed by atoms with Gasteiger partial charge in [-0.2, -0.15) is 0 Å². The standard InChI is InChI=1S/C21H30N2O3/c24-19(16-22-11-13-25-14-12-22)15-17-1-5-20(6-2-17)26-21-7-9-23(10-8-21)18-3-4-18/h1-2,5-6,18,21H,3-4,7-16H2. The van der Waals surface area contributed by atoms with Gasteiger partial charge in [-0.25, -0.2) is 0 Å². The molecule has 0 spiro atoms. The number of carbonyl (C=O) groups excluding carboxylic acids is 1. The molecule has 0 amide bonds. The minimum absolute atomic E-state index is 0.271. The molecule has 1 aromatic carbocycles. The van der Waals surface area contributed by atoms with Gasteiger partial charge in [-0.1, -0.05) is 12.1 Å². The molecule has 1 saturated carbocycles. The molecule has 4 rings (SSSR count). The van der Waals surface area contributed by atoms with Gasteiger partial charge in [-0.05, 0) is 43.4 Å². The Hall–Kier alpha value is -1.43. The molecule has 2 aliphatic heterocycles. The number of Topliss-reactive ketones (excluding diaryl/α,β-unsaturated/α-hetero) is 1. The minimum Gasteiger partial charge on any atom is -0.490 e. The maximum Gasteiger partial charge on any atom is 0.151 e. The number of likely N-dealkylation sites (tertiary alicyclic amines) is 1. The molecular formula is C21H30N2O3. The summed E-state index contributed by atoms with van der Waals surface area (Å²) in [6.07, 6.45) is 5.84. The van der Waals surface area contributed by atoms with Gasteiger partial charge < -0.3 is 14.4 Å². The lowest BCUT2D eigenvalue weighted by molar-refractivity contribution is -0.120. The molecule has 1 aromatic rings. The normalized spacial score (nSPS) is 23.1. The van der Waals surface area contributed by atoms with E-state index in [1.165, 1.54) is 25.9 Å². The average Bonchev–Trinajstić information content (AvgIpc) is 3.50. The van der Waals surface area contributed by atoms with Crippen molar-refractivity contribution in [2.24, 2.45) is 0 Å². The molecule has 0 N–H and O–H groups in total. The molecule has 5 nitrogen and oxygen atoms in total. The van der Waals surface area contributed by atoms with Gasteiger partial charge in [0.25, 0.3) is 0 Å². The number of piperidine rings is 1. The minimum atomic E-state index is 0.271. The van der Waals surface area contributed by atoms with Gasteiger partial charge in [-0.3, -0.25) is 9.69 Å². The van der Waals surface area contributed by atoms with Crippen LogP contribution in [0.25, 0.3) is 0 Å². The molecule has 0 unspecified atom stereocenters. The van der Waals surface area contributed by atoms with Crippen molar-refractivity contribution >= 4 is 5.78 Å². The van der Waals surface area contributed by atoms with Crippen molar-refractivity contribution in [3.8, 4) is 5.75 Å². The van der Waals surface area contributed by atoms with Crippen molar-refractivity contribution in [3.05, 3.63) is 29.8 Å². The second kappa shape index (κ2) is 8.51. The number of morpholine rings is 1. The Morgan fingerprint density at radius 1 is 1.00 bits per heavy atom. The Morgan fingerprint density at radius 2 is 1.69 bits per heavy atom. The van der Waals surface area contributed by atoms with Crippen LogP contribution in [0.5, 0.6) is 5.75 Å². The summed E-state index contributed by atoms with van der Waals surface area (Å²) in [6.45, 7) is 6.06. The third-order valence-electron chi connectivity index (χ3n) is 5.67. The number of rotatable bonds is 7. The molecule has 3 aliphatic rings. The molecule has 3 fully saturated rings. The Labute approximate surface area is 156 Å². The predicted molar refractivity (Wildman–Crippen MR) is 101 cm³/mol. The molecule has 0 atom stereocenters. The number of hydrogen-bond acceptors (Lipinski definition) is 5. The first-order valence-electron chi connectivity index (χ1n) is 10.1. The average molecular weight is 358 g/mol. The Kier molecular flexibility index (Phi) is 5.88. The van der Waals surface area contributed by atoms with Crippen molar-refractivity contribution in [3.63, 3.8) is 0 Å². The van der Waals surface area contributed by atoms with Gasteiger partial charge in [-0.15, -0.1) is 0 Å². The van der Waals surface area contributed by atoms with Crippen LogP contribution in [-0.4, -0.2) is 73.7 Å². The van der Waals surface area contributed by atoms with E-state index in [1.54, 1.807) is 0 Å². The molecule has 2 saturated heterocycles. The van der Waals surface area contributed by atoms with Crippen LogP contribution in [0.3, 0.4) is 0 Å². The molecule has 2 heterocycles. The van der Waals surface area contributed by atoms with Crippen molar-refractivity contribution in [2.45, 2.75) is 44.2 Å². The number of carbonyl (C=O) groups is 1. The third kappa shape index (κ3) is 5.06. The number of ether oxygens (including phenoxy) is 2. The zero-order chi connectivity index (χ0) is 17.8. The zero-order valence-electron chi connectivity index (χ0n) is 15.6. The maximum absolute atomic E-state index is 12.3.